The summed E-state index contributed by atoms with van der Waals surface area (Å²) in [6.45, 7) is 4.31. The molecule has 1 nitrogen and oxygen atoms in total. The van der Waals surface area contributed by atoms with E-state index in [2.05, 4.69) is 13.8 Å². The Bertz CT molecular complexity index is 402. The van der Waals surface area contributed by atoms with Gasteiger partial charge in [-0.25, -0.2) is 4.39 Å². The molecular weight excluding hydrogens is 225 g/mol. The minimum atomic E-state index is -0.132. The molecule has 0 amide bonds. The number of nitrogens with two attached hydrogens (primary N) is 1. The molecule has 0 spiro atoms. The van der Waals surface area contributed by atoms with Gasteiger partial charge in [-0.1, -0.05) is 19.4 Å². The quantitative estimate of drug-likeness (QED) is 0.865. The lowest BCUT2D eigenvalue weighted by Crippen LogP contribution is -2.37. The number of rotatable bonds is 3. The summed E-state index contributed by atoms with van der Waals surface area (Å²) in [7, 11) is 0. The molecule has 1 aliphatic carbocycles. The Balaban J connectivity index is 2.09. The van der Waals surface area contributed by atoms with E-state index in [-0.39, 0.29) is 11.9 Å². The minimum Gasteiger partial charge on any atom is -0.327 e. The maximum absolute atomic E-state index is 13.3. The van der Waals surface area contributed by atoms with Gasteiger partial charge in [-0.15, -0.1) is 0 Å². The third kappa shape index (κ3) is 3.11. The molecular formula is C16H24FN. The van der Waals surface area contributed by atoms with Crippen LogP contribution >= 0.6 is 0 Å². The summed E-state index contributed by atoms with van der Waals surface area (Å²) in [6.07, 6.45) is 5.76. The van der Waals surface area contributed by atoms with Gasteiger partial charge in [-0.2, -0.15) is 0 Å². The second-order valence-corrected chi connectivity index (χ2v) is 5.79. The monoisotopic (exact) mass is 249 g/mol. The first-order valence-electron chi connectivity index (χ1n) is 7.10. The van der Waals surface area contributed by atoms with Gasteiger partial charge in [0.05, 0.1) is 0 Å². The van der Waals surface area contributed by atoms with Crippen LogP contribution in [0.2, 0.25) is 0 Å². The van der Waals surface area contributed by atoms with Crippen LogP contribution in [-0.4, -0.2) is 6.04 Å². The van der Waals surface area contributed by atoms with Crippen molar-refractivity contribution >= 4 is 0 Å². The molecule has 18 heavy (non-hydrogen) atoms. The lowest BCUT2D eigenvalue weighted by atomic mass is 9.74. The highest BCUT2D eigenvalue weighted by Crippen LogP contribution is 2.33. The zero-order chi connectivity index (χ0) is 13.1. The maximum Gasteiger partial charge on any atom is 0.123 e. The van der Waals surface area contributed by atoms with E-state index >= 15 is 0 Å². The molecule has 1 fully saturated rings. The van der Waals surface area contributed by atoms with Crippen LogP contribution in [0.5, 0.6) is 0 Å². The molecule has 1 aromatic rings. The van der Waals surface area contributed by atoms with Crippen molar-refractivity contribution in [3.63, 3.8) is 0 Å². The molecule has 2 rings (SSSR count). The van der Waals surface area contributed by atoms with Crippen molar-refractivity contribution in [1.29, 1.82) is 0 Å². The van der Waals surface area contributed by atoms with E-state index < -0.39 is 0 Å². The Morgan fingerprint density at radius 1 is 1.33 bits per heavy atom. The van der Waals surface area contributed by atoms with Crippen molar-refractivity contribution in [2.75, 3.05) is 0 Å². The number of aryl methyl sites for hydroxylation is 1. The van der Waals surface area contributed by atoms with Gasteiger partial charge in [0.1, 0.15) is 5.82 Å². The van der Waals surface area contributed by atoms with Crippen LogP contribution in [0.15, 0.2) is 18.2 Å². The van der Waals surface area contributed by atoms with E-state index in [1.807, 2.05) is 6.07 Å². The Morgan fingerprint density at radius 2 is 2.11 bits per heavy atom. The summed E-state index contributed by atoms with van der Waals surface area (Å²) >= 11 is 0. The second kappa shape index (κ2) is 5.83. The molecule has 100 valence electrons. The highest BCUT2D eigenvalue weighted by Gasteiger charge is 2.27. The molecule has 1 aromatic carbocycles. The fourth-order valence-electron chi connectivity index (χ4n) is 3.13. The van der Waals surface area contributed by atoms with Crippen LogP contribution in [-0.2, 0) is 6.42 Å². The van der Waals surface area contributed by atoms with Gasteiger partial charge in [0, 0.05) is 6.04 Å². The van der Waals surface area contributed by atoms with E-state index in [1.165, 1.54) is 30.9 Å². The van der Waals surface area contributed by atoms with Crippen molar-refractivity contribution in [2.24, 2.45) is 17.6 Å². The summed E-state index contributed by atoms with van der Waals surface area (Å²) in [5, 5.41) is 0. The topological polar surface area (TPSA) is 26.0 Å². The zero-order valence-electron chi connectivity index (χ0n) is 11.5. The number of hydrogen-bond donors (Lipinski definition) is 1. The summed E-state index contributed by atoms with van der Waals surface area (Å²) < 4.78 is 13.3. The molecule has 3 unspecified atom stereocenters. The van der Waals surface area contributed by atoms with Gasteiger partial charge in [-0.3, -0.25) is 0 Å². The molecule has 0 aromatic heterocycles. The van der Waals surface area contributed by atoms with E-state index in [1.54, 1.807) is 6.07 Å². The second-order valence-electron chi connectivity index (χ2n) is 5.79. The Hall–Kier alpha value is -0.890. The summed E-state index contributed by atoms with van der Waals surface area (Å²) in [6, 6.07) is 5.37. The molecule has 0 saturated heterocycles. The van der Waals surface area contributed by atoms with Gasteiger partial charge in [0.15, 0.2) is 0 Å². The van der Waals surface area contributed by atoms with Crippen molar-refractivity contribution in [1.82, 2.24) is 0 Å². The predicted octanol–water partition coefficient (Wildman–Crippen LogP) is 3.83. The molecule has 0 radical (unpaired) electrons. The molecule has 0 heterocycles. The molecule has 1 saturated carbocycles. The van der Waals surface area contributed by atoms with E-state index in [0.29, 0.717) is 5.92 Å². The Kier molecular flexibility index (Phi) is 4.39. The van der Waals surface area contributed by atoms with Crippen LogP contribution < -0.4 is 5.73 Å². The Labute approximate surface area is 110 Å². The van der Waals surface area contributed by atoms with Crippen molar-refractivity contribution in [2.45, 2.75) is 52.0 Å². The summed E-state index contributed by atoms with van der Waals surface area (Å²) in [5.74, 6) is 1.19. The zero-order valence-corrected chi connectivity index (χ0v) is 11.5. The van der Waals surface area contributed by atoms with Crippen molar-refractivity contribution in [3.05, 3.63) is 35.1 Å². The molecule has 1 aliphatic rings. The summed E-state index contributed by atoms with van der Waals surface area (Å²) in [4.78, 5) is 0. The standard InChI is InChI=1S/C16H24FN/c1-3-12-5-7-16(18)14(8-12)9-13-10-15(17)6-4-11(13)2/h4,6,10,12,14,16H,3,5,7-9,18H2,1-2H3. The van der Waals surface area contributed by atoms with Gasteiger partial charge >= 0.3 is 0 Å². The molecule has 0 aliphatic heterocycles. The van der Waals surface area contributed by atoms with E-state index in [4.69, 9.17) is 5.73 Å². The number of hydrogen-bond acceptors (Lipinski definition) is 1. The minimum absolute atomic E-state index is 0.132. The smallest absolute Gasteiger partial charge is 0.123 e. The lowest BCUT2D eigenvalue weighted by molar-refractivity contribution is 0.227. The average Bonchev–Trinajstić information content (AvgIpc) is 2.36. The third-order valence-corrected chi connectivity index (χ3v) is 4.52. The van der Waals surface area contributed by atoms with Crippen LogP contribution in [0.4, 0.5) is 4.39 Å². The van der Waals surface area contributed by atoms with Crippen molar-refractivity contribution in [3.8, 4) is 0 Å². The first kappa shape index (κ1) is 13.5. The molecule has 0 bridgehead atoms. The molecule has 3 atom stereocenters. The van der Waals surface area contributed by atoms with Crippen LogP contribution in [0.1, 0.15) is 43.7 Å². The fourth-order valence-corrected chi connectivity index (χ4v) is 3.13. The van der Waals surface area contributed by atoms with E-state index in [9.17, 15) is 4.39 Å². The average molecular weight is 249 g/mol. The highest BCUT2D eigenvalue weighted by molar-refractivity contribution is 5.27. The highest BCUT2D eigenvalue weighted by atomic mass is 19.1. The largest absolute Gasteiger partial charge is 0.327 e. The van der Waals surface area contributed by atoms with Crippen molar-refractivity contribution < 1.29 is 4.39 Å². The first-order chi connectivity index (χ1) is 8.60. The molecule has 2 N–H and O–H groups in total. The number of benzene rings is 1. The predicted molar refractivity (Wildman–Crippen MR) is 73.9 cm³/mol. The SMILES string of the molecule is CCC1CCC(N)C(Cc2cc(F)ccc2C)C1. The van der Waals surface area contributed by atoms with E-state index in [0.717, 1.165) is 24.3 Å². The van der Waals surface area contributed by atoms with Gasteiger partial charge in [0.25, 0.3) is 0 Å². The Morgan fingerprint density at radius 3 is 2.83 bits per heavy atom. The number of halogens is 1. The van der Waals surface area contributed by atoms with Crippen LogP contribution in [0, 0.1) is 24.6 Å². The summed E-state index contributed by atoms with van der Waals surface area (Å²) in [5.41, 5.74) is 8.55. The maximum atomic E-state index is 13.3. The van der Waals surface area contributed by atoms with Crippen LogP contribution in [0.25, 0.3) is 0 Å². The van der Waals surface area contributed by atoms with Gasteiger partial charge in [-0.05, 0) is 67.7 Å². The first-order valence-corrected chi connectivity index (χ1v) is 7.10. The van der Waals surface area contributed by atoms with Gasteiger partial charge in [0.2, 0.25) is 0 Å². The fraction of sp³-hybridized carbons (Fsp3) is 0.625. The third-order valence-electron chi connectivity index (χ3n) is 4.52. The molecule has 2 heteroatoms. The van der Waals surface area contributed by atoms with Crippen LogP contribution in [0.3, 0.4) is 0 Å². The van der Waals surface area contributed by atoms with Gasteiger partial charge < -0.3 is 5.73 Å². The normalized spacial score (nSPS) is 28.3. The lowest BCUT2D eigenvalue weighted by Gasteiger charge is -2.34.